The lowest BCUT2D eigenvalue weighted by atomic mass is 10.0. The van der Waals surface area contributed by atoms with Crippen LogP contribution in [0.2, 0.25) is 5.28 Å². The van der Waals surface area contributed by atoms with Gasteiger partial charge in [-0.25, -0.2) is 18.4 Å². The Morgan fingerprint density at radius 1 is 0.861 bits per heavy atom. The number of carbonyl (C=O) groups is 1. The van der Waals surface area contributed by atoms with Gasteiger partial charge in [0.05, 0.1) is 6.10 Å². The zero-order valence-electron chi connectivity index (χ0n) is 22.4. The fourth-order valence-electron chi connectivity index (χ4n) is 4.43. The molecule has 0 fully saturated rings. The fraction of sp³-hybridized carbons (Fsp3) is 0.769. The zero-order chi connectivity index (χ0) is 26.6. The summed E-state index contributed by atoms with van der Waals surface area (Å²) in [6.07, 6.45) is 17.0. The van der Waals surface area contributed by atoms with Crippen molar-refractivity contribution in [1.82, 2.24) is 19.5 Å². The molecule has 2 rings (SSSR count). The van der Waals surface area contributed by atoms with Gasteiger partial charge in [0.25, 0.3) is 0 Å². The standard InChI is InChI=1S/C26H43ClN4O4S/c1-20(2)35-22(32)18-16-14-12-10-8-6-5-7-9-11-13-15-17-19-31-21(3)28-24-23(31)25(36(4,33)34)30-26(27)29-24/h20H,5-19H2,1-4H3. The number of esters is 1. The number of halogens is 1. The number of sulfone groups is 1. The lowest BCUT2D eigenvalue weighted by Crippen LogP contribution is -2.10. The SMILES string of the molecule is Cc1nc2nc(Cl)nc(S(C)(=O)=O)c2n1CCCCCCCCCCCCCCCC(=O)OC(C)C. The number of carbonyl (C=O) groups excluding carboxylic acids is 1. The molecule has 0 saturated carbocycles. The third-order valence-electron chi connectivity index (χ3n) is 6.22. The molecular formula is C26H43ClN4O4S. The van der Waals surface area contributed by atoms with Crippen LogP contribution in [0.1, 0.15) is 110 Å². The third kappa shape index (κ3) is 10.7. The van der Waals surface area contributed by atoms with E-state index < -0.39 is 9.84 Å². The molecule has 0 unspecified atom stereocenters. The molecule has 0 spiro atoms. The summed E-state index contributed by atoms with van der Waals surface area (Å²) in [5.41, 5.74) is 0.785. The van der Waals surface area contributed by atoms with Crippen LogP contribution in [0.5, 0.6) is 0 Å². The maximum Gasteiger partial charge on any atom is 0.306 e. The second-order valence-corrected chi connectivity index (χ2v) is 12.2. The average molecular weight is 543 g/mol. The Labute approximate surface area is 221 Å². The molecule has 36 heavy (non-hydrogen) atoms. The molecule has 10 heteroatoms. The van der Waals surface area contributed by atoms with Gasteiger partial charge in [-0.2, -0.15) is 4.98 Å². The lowest BCUT2D eigenvalue weighted by molar-refractivity contribution is -0.147. The Balaban J connectivity index is 1.53. The van der Waals surface area contributed by atoms with Crippen LogP contribution in [-0.2, 0) is 25.9 Å². The summed E-state index contributed by atoms with van der Waals surface area (Å²) in [6.45, 7) is 6.31. The summed E-state index contributed by atoms with van der Waals surface area (Å²) in [4.78, 5) is 24.0. The maximum absolute atomic E-state index is 12.2. The van der Waals surface area contributed by atoms with E-state index in [4.69, 9.17) is 16.3 Å². The maximum atomic E-state index is 12.2. The smallest absolute Gasteiger partial charge is 0.306 e. The third-order valence-corrected chi connectivity index (χ3v) is 7.37. The van der Waals surface area contributed by atoms with Gasteiger partial charge in [-0.1, -0.05) is 70.6 Å². The summed E-state index contributed by atoms with van der Waals surface area (Å²) in [5.74, 6) is 0.650. The summed E-state index contributed by atoms with van der Waals surface area (Å²) in [6, 6.07) is 0. The first-order valence-corrected chi connectivity index (χ1v) is 15.7. The number of hydrogen-bond acceptors (Lipinski definition) is 7. The number of imidazole rings is 1. The van der Waals surface area contributed by atoms with Crippen molar-refractivity contribution in [2.45, 2.75) is 128 Å². The predicted octanol–water partition coefficient (Wildman–Crippen LogP) is 6.60. The molecule has 2 aromatic rings. The minimum Gasteiger partial charge on any atom is -0.463 e. The first kappa shape index (κ1) is 30.5. The molecule has 0 aromatic carbocycles. The van der Waals surface area contributed by atoms with Crippen LogP contribution < -0.4 is 0 Å². The topological polar surface area (TPSA) is 104 Å². The van der Waals surface area contributed by atoms with E-state index in [-0.39, 0.29) is 22.4 Å². The molecular weight excluding hydrogens is 500 g/mol. The number of hydrogen-bond donors (Lipinski definition) is 0. The molecule has 0 amide bonds. The second-order valence-electron chi connectivity index (χ2n) is 9.94. The molecule has 2 heterocycles. The number of nitrogens with zero attached hydrogens (tertiary/aromatic N) is 4. The normalized spacial score (nSPS) is 12.1. The predicted molar refractivity (Wildman–Crippen MR) is 144 cm³/mol. The zero-order valence-corrected chi connectivity index (χ0v) is 24.0. The summed E-state index contributed by atoms with van der Waals surface area (Å²) >= 11 is 5.90. The molecule has 0 aliphatic carbocycles. The van der Waals surface area contributed by atoms with Gasteiger partial charge in [-0.05, 0) is 45.2 Å². The van der Waals surface area contributed by atoms with Gasteiger partial charge >= 0.3 is 5.97 Å². The largest absolute Gasteiger partial charge is 0.463 e. The highest BCUT2D eigenvalue weighted by Crippen LogP contribution is 2.24. The second kappa shape index (κ2) is 15.5. The van der Waals surface area contributed by atoms with Crippen LogP contribution in [0, 0.1) is 6.92 Å². The van der Waals surface area contributed by atoms with Gasteiger partial charge in [-0.3, -0.25) is 4.79 Å². The number of fused-ring (bicyclic) bond motifs is 1. The molecule has 204 valence electrons. The highest BCUT2D eigenvalue weighted by Gasteiger charge is 2.22. The number of ether oxygens (including phenoxy) is 1. The van der Waals surface area contributed by atoms with Crippen molar-refractivity contribution in [3.05, 3.63) is 11.1 Å². The van der Waals surface area contributed by atoms with E-state index in [1.807, 2.05) is 25.3 Å². The molecule has 0 N–H and O–H groups in total. The van der Waals surface area contributed by atoms with Crippen LogP contribution in [-0.4, -0.2) is 46.3 Å². The van der Waals surface area contributed by atoms with Gasteiger partial charge in [0.2, 0.25) is 5.28 Å². The van der Waals surface area contributed by atoms with Crippen LogP contribution in [0.3, 0.4) is 0 Å². The Morgan fingerprint density at radius 2 is 1.36 bits per heavy atom. The van der Waals surface area contributed by atoms with Gasteiger partial charge in [0, 0.05) is 19.2 Å². The van der Waals surface area contributed by atoms with Gasteiger partial charge in [-0.15, -0.1) is 0 Å². The Kier molecular flexibility index (Phi) is 13.1. The van der Waals surface area contributed by atoms with E-state index in [1.54, 1.807) is 0 Å². The molecule has 0 aliphatic rings. The minimum absolute atomic E-state index is 0.0156. The number of aromatic nitrogens is 4. The monoisotopic (exact) mass is 542 g/mol. The van der Waals surface area contributed by atoms with Crippen molar-refractivity contribution in [1.29, 1.82) is 0 Å². The highest BCUT2D eigenvalue weighted by atomic mass is 35.5. The van der Waals surface area contributed by atoms with Crippen LogP contribution >= 0.6 is 11.6 Å². The van der Waals surface area contributed by atoms with Crippen molar-refractivity contribution in [2.24, 2.45) is 0 Å². The van der Waals surface area contributed by atoms with Crippen LogP contribution in [0.25, 0.3) is 11.2 Å². The van der Waals surface area contributed by atoms with Crippen molar-refractivity contribution in [2.75, 3.05) is 6.26 Å². The number of unbranched alkanes of at least 4 members (excludes halogenated alkanes) is 12. The van der Waals surface area contributed by atoms with Crippen molar-refractivity contribution < 1.29 is 17.9 Å². The fourth-order valence-corrected chi connectivity index (χ4v) is 5.44. The molecule has 0 radical (unpaired) electrons. The molecule has 0 bridgehead atoms. The quantitative estimate of drug-likeness (QED) is 0.0903. The lowest BCUT2D eigenvalue weighted by Gasteiger charge is -2.09. The van der Waals surface area contributed by atoms with Crippen molar-refractivity contribution >= 4 is 38.6 Å². The van der Waals surface area contributed by atoms with Gasteiger partial charge < -0.3 is 9.30 Å². The average Bonchev–Trinajstić information content (AvgIpc) is 3.09. The van der Waals surface area contributed by atoms with Crippen LogP contribution in [0.4, 0.5) is 0 Å². The van der Waals surface area contributed by atoms with E-state index in [1.165, 1.54) is 57.8 Å². The summed E-state index contributed by atoms with van der Waals surface area (Å²) < 4.78 is 31.5. The van der Waals surface area contributed by atoms with E-state index in [0.29, 0.717) is 24.1 Å². The van der Waals surface area contributed by atoms with E-state index in [9.17, 15) is 13.2 Å². The molecule has 0 saturated heterocycles. The first-order chi connectivity index (χ1) is 17.1. The Bertz CT molecular complexity index is 1070. The number of rotatable bonds is 18. The summed E-state index contributed by atoms with van der Waals surface area (Å²) in [7, 11) is -3.54. The minimum atomic E-state index is -3.54. The Morgan fingerprint density at radius 3 is 1.86 bits per heavy atom. The summed E-state index contributed by atoms with van der Waals surface area (Å²) in [5, 5.41) is -0.155. The van der Waals surface area contributed by atoms with Crippen LogP contribution in [0.15, 0.2) is 5.03 Å². The van der Waals surface area contributed by atoms with E-state index in [2.05, 4.69) is 15.0 Å². The van der Waals surface area contributed by atoms with Gasteiger partial charge in [0.1, 0.15) is 11.3 Å². The van der Waals surface area contributed by atoms with Crippen molar-refractivity contribution in [3.63, 3.8) is 0 Å². The number of aryl methyl sites for hydroxylation is 2. The van der Waals surface area contributed by atoms with E-state index >= 15 is 0 Å². The highest BCUT2D eigenvalue weighted by molar-refractivity contribution is 7.90. The van der Waals surface area contributed by atoms with E-state index in [0.717, 1.165) is 37.8 Å². The molecule has 2 aromatic heterocycles. The first-order valence-electron chi connectivity index (χ1n) is 13.4. The van der Waals surface area contributed by atoms with Crippen molar-refractivity contribution in [3.8, 4) is 0 Å². The molecule has 8 nitrogen and oxygen atoms in total. The molecule has 0 atom stereocenters. The molecule has 0 aliphatic heterocycles. The Hall–Kier alpha value is -1.74. The van der Waals surface area contributed by atoms with Gasteiger partial charge in [0.15, 0.2) is 20.5 Å².